The van der Waals surface area contributed by atoms with Crippen LogP contribution in [-0.4, -0.2) is 32.2 Å². The molecule has 1 aromatic carbocycles. The molecule has 1 heterocycles. The van der Waals surface area contributed by atoms with E-state index < -0.39 is 5.97 Å². The fourth-order valence-electron chi connectivity index (χ4n) is 1.84. The van der Waals surface area contributed by atoms with Gasteiger partial charge in [0.05, 0.1) is 7.11 Å². The van der Waals surface area contributed by atoms with Crippen molar-refractivity contribution in [1.29, 1.82) is 0 Å². The summed E-state index contributed by atoms with van der Waals surface area (Å²) < 4.78 is 4.67. The molecule has 1 aromatic heterocycles. The maximum absolute atomic E-state index is 11.5. The van der Waals surface area contributed by atoms with Crippen molar-refractivity contribution in [2.24, 2.45) is 0 Å². The van der Waals surface area contributed by atoms with Gasteiger partial charge in [-0.2, -0.15) is 0 Å². The second kappa shape index (κ2) is 5.06. The van der Waals surface area contributed by atoms with E-state index in [9.17, 15) is 4.79 Å². The van der Waals surface area contributed by atoms with E-state index in [1.165, 1.54) is 7.11 Å². The Morgan fingerprint density at radius 2 is 1.89 bits per heavy atom. The van der Waals surface area contributed by atoms with E-state index in [1.807, 2.05) is 43.3 Å². The lowest BCUT2D eigenvalue weighted by molar-refractivity contribution is 0.0602. The molecule has 0 aliphatic heterocycles. The van der Waals surface area contributed by atoms with Gasteiger partial charge in [-0.3, -0.25) is 0 Å². The van der Waals surface area contributed by atoms with Crippen LogP contribution in [0.5, 0.6) is 0 Å². The van der Waals surface area contributed by atoms with Gasteiger partial charge in [0.15, 0.2) is 0 Å². The van der Waals surface area contributed by atoms with Crippen molar-refractivity contribution in [3.63, 3.8) is 0 Å². The number of hydrogen-bond donors (Lipinski definition) is 2. The molecular formula is C14H17N3O2. The molecule has 0 saturated heterocycles. The third kappa shape index (κ3) is 2.54. The number of anilines is 2. The van der Waals surface area contributed by atoms with E-state index in [0.717, 1.165) is 16.9 Å². The van der Waals surface area contributed by atoms with Gasteiger partial charge < -0.3 is 20.4 Å². The molecule has 2 rings (SSSR count). The summed E-state index contributed by atoms with van der Waals surface area (Å²) >= 11 is 0. The summed E-state index contributed by atoms with van der Waals surface area (Å²) in [5.74, 6) is -0.122. The van der Waals surface area contributed by atoms with E-state index in [2.05, 4.69) is 9.72 Å². The number of H-pyrrole nitrogens is 1. The van der Waals surface area contributed by atoms with E-state index in [0.29, 0.717) is 11.4 Å². The summed E-state index contributed by atoms with van der Waals surface area (Å²) in [5, 5.41) is 0. The van der Waals surface area contributed by atoms with Crippen LogP contribution in [0.2, 0.25) is 0 Å². The van der Waals surface area contributed by atoms with Crippen LogP contribution in [0.15, 0.2) is 30.3 Å². The van der Waals surface area contributed by atoms with E-state index >= 15 is 0 Å². The molecule has 19 heavy (non-hydrogen) atoms. The number of ether oxygens (including phenoxy) is 1. The summed E-state index contributed by atoms with van der Waals surface area (Å²) in [7, 11) is 5.30. The first kappa shape index (κ1) is 13.0. The van der Waals surface area contributed by atoms with Gasteiger partial charge in [0.25, 0.3) is 0 Å². The Bertz CT molecular complexity index is 585. The monoisotopic (exact) mass is 259 g/mol. The normalized spacial score (nSPS) is 10.3. The Labute approximate surface area is 112 Å². The number of methoxy groups -OCH3 is 1. The SMILES string of the molecule is COC(=O)c1cc(-c2ccc(N(C)C)cc2)[nH]c1N. The van der Waals surface area contributed by atoms with Gasteiger partial charge in [-0.25, -0.2) is 4.79 Å². The zero-order valence-corrected chi connectivity index (χ0v) is 11.2. The van der Waals surface area contributed by atoms with E-state index in [1.54, 1.807) is 6.07 Å². The molecular weight excluding hydrogens is 242 g/mol. The number of hydrogen-bond acceptors (Lipinski definition) is 4. The first-order valence-corrected chi connectivity index (χ1v) is 5.87. The number of aromatic nitrogens is 1. The van der Waals surface area contributed by atoms with Crippen LogP contribution in [-0.2, 0) is 4.74 Å². The Kier molecular flexibility index (Phi) is 3.46. The second-order valence-corrected chi connectivity index (χ2v) is 4.44. The molecule has 0 unspecified atom stereocenters. The zero-order valence-electron chi connectivity index (χ0n) is 11.2. The highest BCUT2D eigenvalue weighted by Crippen LogP contribution is 2.25. The molecule has 0 aliphatic rings. The molecule has 0 atom stereocenters. The van der Waals surface area contributed by atoms with Crippen LogP contribution in [0.3, 0.4) is 0 Å². The van der Waals surface area contributed by atoms with Crippen LogP contribution in [0.1, 0.15) is 10.4 Å². The number of nitrogens with one attached hydrogen (secondary N) is 1. The minimum absolute atomic E-state index is 0.318. The lowest BCUT2D eigenvalue weighted by Gasteiger charge is -2.12. The molecule has 3 N–H and O–H groups in total. The fraction of sp³-hybridized carbons (Fsp3) is 0.214. The van der Waals surface area contributed by atoms with Crippen molar-refractivity contribution in [2.45, 2.75) is 0 Å². The lowest BCUT2D eigenvalue weighted by Crippen LogP contribution is -2.07. The maximum atomic E-state index is 11.5. The van der Waals surface area contributed by atoms with Crippen molar-refractivity contribution >= 4 is 17.5 Å². The van der Waals surface area contributed by atoms with Crippen LogP contribution in [0, 0.1) is 0 Å². The van der Waals surface area contributed by atoms with Crippen molar-refractivity contribution < 1.29 is 9.53 Å². The first-order valence-electron chi connectivity index (χ1n) is 5.87. The maximum Gasteiger partial charge on any atom is 0.341 e. The summed E-state index contributed by atoms with van der Waals surface area (Å²) in [6, 6.07) is 9.66. The van der Waals surface area contributed by atoms with Crippen molar-refractivity contribution in [1.82, 2.24) is 4.98 Å². The highest BCUT2D eigenvalue weighted by Gasteiger charge is 2.14. The van der Waals surface area contributed by atoms with Gasteiger partial charge in [-0.05, 0) is 23.8 Å². The number of carbonyl (C=O) groups is 1. The Morgan fingerprint density at radius 3 is 2.42 bits per heavy atom. The molecule has 0 bridgehead atoms. The Balaban J connectivity index is 2.34. The van der Waals surface area contributed by atoms with Gasteiger partial charge in [-0.1, -0.05) is 12.1 Å². The smallest absolute Gasteiger partial charge is 0.341 e. The summed E-state index contributed by atoms with van der Waals surface area (Å²) in [6.07, 6.45) is 0. The van der Waals surface area contributed by atoms with Crippen molar-refractivity contribution in [3.05, 3.63) is 35.9 Å². The molecule has 100 valence electrons. The lowest BCUT2D eigenvalue weighted by atomic mass is 10.1. The zero-order chi connectivity index (χ0) is 14.0. The highest BCUT2D eigenvalue weighted by molar-refractivity contribution is 5.96. The number of carbonyl (C=O) groups excluding carboxylic acids is 1. The molecule has 0 aliphatic carbocycles. The van der Waals surface area contributed by atoms with Gasteiger partial charge in [0.2, 0.25) is 0 Å². The van der Waals surface area contributed by atoms with Crippen LogP contribution in [0.25, 0.3) is 11.3 Å². The van der Waals surface area contributed by atoms with E-state index in [-0.39, 0.29) is 0 Å². The minimum atomic E-state index is -0.440. The van der Waals surface area contributed by atoms with Crippen LogP contribution >= 0.6 is 0 Å². The largest absolute Gasteiger partial charge is 0.465 e. The number of aromatic amines is 1. The first-order chi connectivity index (χ1) is 9.02. The Hall–Kier alpha value is -2.43. The van der Waals surface area contributed by atoms with Gasteiger partial charge in [0.1, 0.15) is 11.4 Å². The fourth-order valence-corrected chi connectivity index (χ4v) is 1.84. The molecule has 0 fully saturated rings. The molecule has 0 amide bonds. The number of rotatable bonds is 3. The van der Waals surface area contributed by atoms with Crippen molar-refractivity contribution in [2.75, 3.05) is 31.8 Å². The molecule has 0 radical (unpaired) electrons. The van der Waals surface area contributed by atoms with E-state index in [4.69, 9.17) is 5.73 Å². The minimum Gasteiger partial charge on any atom is -0.465 e. The van der Waals surface area contributed by atoms with Gasteiger partial charge in [-0.15, -0.1) is 0 Å². The Morgan fingerprint density at radius 1 is 1.26 bits per heavy atom. The number of nitrogens with zero attached hydrogens (tertiary/aromatic N) is 1. The topological polar surface area (TPSA) is 71.3 Å². The predicted octanol–water partition coefficient (Wildman–Crippen LogP) is 2.12. The summed E-state index contributed by atoms with van der Waals surface area (Å²) in [5.41, 5.74) is 8.99. The molecule has 5 nitrogen and oxygen atoms in total. The quantitative estimate of drug-likeness (QED) is 0.828. The number of esters is 1. The third-order valence-corrected chi connectivity index (χ3v) is 2.95. The summed E-state index contributed by atoms with van der Waals surface area (Å²) in [6.45, 7) is 0. The van der Waals surface area contributed by atoms with Crippen molar-refractivity contribution in [3.8, 4) is 11.3 Å². The predicted molar refractivity (Wildman–Crippen MR) is 76.3 cm³/mol. The van der Waals surface area contributed by atoms with Gasteiger partial charge >= 0.3 is 5.97 Å². The number of nitrogen functional groups attached to an aromatic ring is 1. The highest BCUT2D eigenvalue weighted by atomic mass is 16.5. The average Bonchev–Trinajstić information content (AvgIpc) is 2.80. The average molecular weight is 259 g/mol. The third-order valence-electron chi connectivity index (χ3n) is 2.95. The second-order valence-electron chi connectivity index (χ2n) is 4.44. The molecule has 2 aromatic rings. The number of benzene rings is 1. The standard InChI is InChI=1S/C14H17N3O2/c1-17(2)10-6-4-9(5-7-10)12-8-11(13(15)16-12)14(18)19-3/h4-8,16H,15H2,1-3H3. The van der Waals surface area contributed by atoms with Crippen LogP contribution in [0.4, 0.5) is 11.5 Å². The molecule has 5 heteroatoms. The molecule has 0 saturated carbocycles. The number of nitrogens with two attached hydrogens (primary N) is 1. The van der Waals surface area contributed by atoms with Gasteiger partial charge in [0, 0.05) is 25.5 Å². The summed E-state index contributed by atoms with van der Waals surface area (Å²) in [4.78, 5) is 16.5. The van der Waals surface area contributed by atoms with Crippen LogP contribution < -0.4 is 10.6 Å². The molecule has 0 spiro atoms.